The molecular weight excluding hydrogens is 284 g/mol. The van der Waals surface area contributed by atoms with E-state index in [1.54, 1.807) is 0 Å². The molecule has 5 heteroatoms. The molecule has 4 nitrogen and oxygen atoms in total. The second-order valence-electron chi connectivity index (χ2n) is 6.31. The summed E-state index contributed by atoms with van der Waals surface area (Å²) in [4.78, 5) is 18.4. The Morgan fingerprint density at radius 3 is 2.95 bits per heavy atom. The smallest absolute Gasteiger partial charge is 0.410 e. The highest BCUT2D eigenvalue weighted by molar-refractivity contribution is 7.98. The number of hydrogen-bond donors (Lipinski definition) is 0. The molecule has 1 saturated heterocycles. The fourth-order valence-electron chi connectivity index (χ4n) is 2.35. The predicted molar refractivity (Wildman–Crippen MR) is 86.4 cm³/mol. The number of ether oxygens (including phenoxy) is 1. The van der Waals surface area contributed by atoms with Gasteiger partial charge in [-0.15, -0.1) is 0 Å². The summed E-state index contributed by atoms with van der Waals surface area (Å²) in [5.74, 6) is 1.83. The van der Waals surface area contributed by atoms with Crippen LogP contribution in [0, 0.1) is 0 Å². The Balaban J connectivity index is 1.80. The molecule has 2 rings (SSSR count). The van der Waals surface area contributed by atoms with Gasteiger partial charge in [0.25, 0.3) is 0 Å². The van der Waals surface area contributed by atoms with Crippen molar-refractivity contribution in [1.82, 2.24) is 9.88 Å². The number of thioether (sulfide) groups is 1. The molecule has 1 aliphatic heterocycles. The zero-order valence-corrected chi connectivity index (χ0v) is 13.9. The van der Waals surface area contributed by atoms with Crippen LogP contribution in [0.3, 0.4) is 0 Å². The molecule has 1 aromatic rings. The molecule has 0 aromatic carbocycles. The van der Waals surface area contributed by atoms with Gasteiger partial charge in [-0.25, -0.2) is 4.79 Å². The van der Waals surface area contributed by atoms with E-state index in [1.165, 1.54) is 0 Å². The zero-order chi connectivity index (χ0) is 15.3. The summed E-state index contributed by atoms with van der Waals surface area (Å²) in [6, 6.07) is 6.25. The largest absolute Gasteiger partial charge is 0.444 e. The van der Waals surface area contributed by atoms with Crippen LogP contribution in [-0.2, 0) is 10.5 Å². The van der Waals surface area contributed by atoms with E-state index >= 15 is 0 Å². The maximum atomic E-state index is 12.2. The second kappa shape index (κ2) is 7.16. The van der Waals surface area contributed by atoms with Gasteiger partial charge in [-0.3, -0.25) is 4.98 Å². The van der Waals surface area contributed by atoms with Gasteiger partial charge in [0.1, 0.15) is 5.60 Å². The number of carbonyl (C=O) groups is 1. The monoisotopic (exact) mass is 308 g/mol. The lowest BCUT2D eigenvalue weighted by Crippen LogP contribution is -2.40. The minimum atomic E-state index is -0.425. The molecule has 0 saturated carbocycles. The van der Waals surface area contributed by atoms with Gasteiger partial charge in [-0.2, -0.15) is 11.8 Å². The lowest BCUT2D eigenvalue weighted by molar-refractivity contribution is 0.0242. The zero-order valence-electron chi connectivity index (χ0n) is 13.0. The third kappa shape index (κ3) is 5.23. The summed E-state index contributed by atoms with van der Waals surface area (Å²) in [5, 5.41) is 0. The van der Waals surface area contributed by atoms with E-state index in [9.17, 15) is 4.79 Å². The first-order valence-corrected chi connectivity index (χ1v) is 8.58. The minimum Gasteiger partial charge on any atom is -0.444 e. The first-order chi connectivity index (χ1) is 9.96. The van der Waals surface area contributed by atoms with Crippen LogP contribution in [0.4, 0.5) is 4.79 Å². The van der Waals surface area contributed by atoms with Crippen molar-refractivity contribution in [3.8, 4) is 0 Å². The van der Waals surface area contributed by atoms with E-state index in [-0.39, 0.29) is 12.1 Å². The van der Waals surface area contributed by atoms with Crippen molar-refractivity contribution in [3.05, 3.63) is 30.1 Å². The van der Waals surface area contributed by atoms with E-state index in [0.29, 0.717) is 0 Å². The second-order valence-corrected chi connectivity index (χ2v) is 7.34. The van der Waals surface area contributed by atoms with Crippen molar-refractivity contribution in [2.45, 2.75) is 51.0 Å². The molecule has 0 unspecified atom stereocenters. The summed E-state index contributed by atoms with van der Waals surface area (Å²) in [7, 11) is 0. The summed E-state index contributed by atoms with van der Waals surface area (Å²) < 4.78 is 5.48. The predicted octanol–water partition coefficient (Wildman–Crippen LogP) is 3.71. The average molecular weight is 308 g/mol. The Hall–Kier alpha value is -1.23. The van der Waals surface area contributed by atoms with E-state index in [2.05, 4.69) is 4.98 Å². The topological polar surface area (TPSA) is 42.4 Å². The van der Waals surface area contributed by atoms with Gasteiger partial charge in [0, 0.05) is 30.3 Å². The molecule has 0 spiro atoms. The molecule has 0 radical (unpaired) electrons. The van der Waals surface area contributed by atoms with Gasteiger partial charge < -0.3 is 9.64 Å². The molecule has 1 aromatic heterocycles. The number of pyridine rings is 1. The Labute approximate surface area is 131 Å². The molecular formula is C16H24N2O2S. The Morgan fingerprint density at radius 1 is 1.48 bits per heavy atom. The number of carbonyl (C=O) groups excluding carboxylic acids is 1. The maximum Gasteiger partial charge on any atom is 0.410 e. The van der Waals surface area contributed by atoms with Gasteiger partial charge in [0.2, 0.25) is 0 Å². The van der Waals surface area contributed by atoms with Gasteiger partial charge in [0.15, 0.2) is 0 Å². The summed E-state index contributed by atoms with van der Waals surface area (Å²) >= 11 is 1.83. The molecule has 1 amide bonds. The van der Waals surface area contributed by atoms with Gasteiger partial charge in [0.05, 0.1) is 5.69 Å². The van der Waals surface area contributed by atoms with Crippen LogP contribution in [0.15, 0.2) is 24.4 Å². The van der Waals surface area contributed by atoms with Gasteiger partial charge in [-0.05, 0) is 45.7 Å². The van der Waals surface area contributed by atoms with Gasteiger partial charge >= 0.3 is 6.09 Å². The van der Waals surface area contributed by atoms with Crippen molar-refractivity contribution >= 4 is 17.9 Å². The van der Waals surface area contributed by atoms with Crippen LogP contribution in [0.5, 0.6) is 0 Å². The fraction of sp³-hybridized carbons (Fsp3) is 0.625. The third-order valence-electron chi connectivity index (χ3n) is 3.29. The van der Waals surface area contributed by atoms with Gasteiger partial charge in [-0.1, -0.05) is 6.07 Å². The van der Waals surface area contributed by atoms with Crippen LogP contribution in [-0.4, -0.2) is 39.9 Å². The average Bonchev–Trinajstić information content (AvgIpc) is 2.86. The van der Waals surface area contributed by atoms with Crippen LogP contribution in [0.2, 0.25) is 0 Å². The van der Waals surface area contributed by atoms with E-state index in [1.807, 2.05) is 61.8 Å². The number of hydrogen-bond acceptors (Lipinski definition) is 4. The Bertz CT molecular complexity index is 459. The first kappa shape index (κ1) is 16.1. The molecule has 0 N–H and O–H groups in total. The molecule has 0 aliphatic carbocycles. The first-order valence-electron chi connectivity index (χ1n) is 7.43. The van der Waals surface area contributed by atoms with Crippen molar-refractivity contribution in [3.63, 3.8) is 0 Å². The highest BCUT2D eigenvalue weighted by Crippen LogP contribution is 2.24. The molecule has 2 heterocycles. The number of likely N-dealkylation sites (tertiary alicyclic amines) is 1. The number of amides is 1. The maximum absolute atomic E-state index is 12.2. The standard InChI is InChI=1S/C16H24N2O2S/c1-16(2,3)20-15(19)18-10-6-8-14(18)12-21-11-13-7-4-5-9-17-13/h4-5,7,9,14H,6,8,10-12H2,1-3H3/t14-/m0/s1. The molecule has 116 valence electrons. The number of rotatable bonds is 4. The Kier molecular flexibility index (Phi) is 5.51. The van der Waals surface area contributed by atoms with Crippen molar-refractivity contribution in [2.75, 3.05) is 12.3 Å². The number of aromatic nitrogens is 1. The highest BCUT2D eigenvalue weighted by atomic mass is 32.2. The fourth-order valence-corrected chi connectivity index (χ4v) is 3.47. The van der Waals surface area contributed by atoms with Crippen LogP contribution < -0.4 is 0 Å². The molecule has 1 aliphatic rings. The molecule has 1 fully saturated rings. The van der Waals surface area contributed by atoms with E-state index in [4.69, 9.17) is 4.74 Å². The lowest BCUT2D eigenvalue weighted by Gasteiger charge is -2.28. The Morgan fingerprint density at radius 2 is 2.29 bits per heavy atom. The van der Waals surface area contributed by atoms with Crippen LogP contribution in [0.1, 0.15) is 39.3 Å². The third-order valence-corrected chi connectivity index (χ3v) is 4.41. The van der Waals surface area contributed by atoms with E-state index < -0.39 is 5.60 Å². The van der Waals surface area contributed by atoms with Crippen LogP contribution in [0.25, 0.3) is 0 Å². The molecule has 21 heavy (non-hydrogen) atoms. The SMILES string of the molecule is CC(C)(C)OC(=O)N1CCC[C@H]1CSCc1ccccn1. The molecule has 1 atom stereocenters. The van der Waals surface area contributed by atoms with Crippen molar-refractivity contribution in [2.24, 2.45) is 0 Å². The lowest BCUT2D eigenvalue weighted by atomic mass is 10.2. The van der Waals surface area contributed by atoms with E-state index in [0.717, 1.165) is 36.6 Å². The van der Waals surface area contributed by atoms with Crippen molar-refractivity contribution < 1.29 is 9.53 Å². The van der Waals surface area contributed by atoms with Crippen molar-refractivity contribution in [1.29, 1.82) is 0 Å². The van der Waals surface area contributed by atoms with Crippen LogP contribution >= 0.6 is 11.8 Å². The molecule has 0 bridgehead atoms. The summed E-state index contributed by atoms with van der Waals surface area (Å²) in [6.45, 7) is 6.53. The highest BCUT2D eigenvalue weighted by Gasteiger charge is 2.31. The summed E-state index contributed by atoms with van der Waals surface area (Å²) in [6.07, 6.45) is 3.77. The minimum absolute atomic E-state index is 0.177. The summed E-state index contributed by atoms with van der Waals surface area (Å²) in [5.41, 5.74) is 0.662. The quantitative estimate of drug-likeness (QED) is 0.850. The number of nitrogens with zero attached hydrogens (tertiary/aromatic N) is 2. The normalized spacial score (nSPS) is 18.8.